The van der Waals surface area contributed by atoms with Crippen LogP contribution in [-0.4, -0.2) is 28.7 Å². The minimum Gasteiger partial charge on any atom is -0.326 e. The number of carbonyl (C=O) groups is 3. The predicted molar refractivity (Wildman–Crippen MR) is 116 cm³/mol. The Labute approximate surface area is 177 Å². The Hall–Kier alpha value is -2.95. The summed E-state index contributed by atoms with van der Waals surface area (Å²) in [6.45, 7) is 2.31. The molecule has 5 nitrogen and oxygen atoms in total. The van der Waals surface area contributed by atoms with Crippen LogP contribution in [0.1, 0.15) is 49.7 Å². The van der Waals surface area contributed by atoms with Gasteiger partial charge in [-0.15, -0.1) is 0 Å². The first kappa shape index (κ1) is 20.3. The highest BCUT2D eigenvalue weighted by Gasteiger charge is 2.45. The average molecular weight is 405 g/mol. The summed E-state index contributed by atoms with van der Waals surface area (Å²) in [5, 5.41) is 0. The maximum Gasteiger partial charge on any atom is 0.257 e. The number of rotatable bonds is 5. The average Bonchev–Trinajstić information content (AvgIpc) is 3.07. The minimum absolute atomic E-state index is 0.00968. The van der Waals surface area contributed by atoms with Gasteiger partial charge in [0.05, 0.1) is 12.1 Å². The van der Waals surface area contributed by atoms with E-state index in [0.29, 0.717) is 12.2 Å². The van der Waals surface area contributed by atoms with Crippen LogP contribution in [0.3, 0.4) is 0 Å². The third-order valence-corrected chi connectivity index (χ3v) is 6.22. The largest absolute Gasteiger partial charge is 0.326 e. The molecular formula is C25H28N2O3. The van der Waals surface area contributed by atoms with Crippen molar-refractivity contribution in [3.63, 3.8) is 0 Å². The first-order valence-corrected chi connectivity index (χ1v) is 10.8. The highest BCUT2D eigenvalue weighted by atomic mass is 16.2. The van der Waals surface area contributed by atoms with E-state index in [9.17, 15) is 14.4 Å². The van der Waals surface area contributed by atoms with Crippen LogP contribution < -0.4 is 4.90 Å². The zero-order valence-corrected chi connectivity index (χ0v) is 17.4. The van der Waals surface area contributed by atoms with Crippen molar-refractivity contribution in [2.24, 2.45) is 5.92 Å². The summed E-state index contributed by atoms with van der Waals surface area (Å²) in [5.41, 5.74) is 2.60. The lowest BCUT2D eigenvalue weighted by molar-refractivity contribution is -0.143. The van der Waals surface area contributed by atoms with Crippen molar-refractivity contribution in [3.8, 4) is 0 Å². The van der Waals surface area contributed by atoms with Crippen molar-refractivity contribution in [1.82, 2.24) is 4.90 Å². The number of nitrogens with zero attached hydrogens (tertiary/aromatic N) is 2. The van der Waals surface area contributed by atoms with Gasteiger partial charge in [0.2, 0.25) is 11.8 Å². The van der Waals surface area contributed by atoms with Crippen molar-refractivity contribution >= 4 is 23.4 Å². The number of benzene rings is 2. The van der Waals surface area contributed by atoms with Gasteiger partial charge in [-0.3, -0.25) is 14.4 Å². The highest BCUT2D eigenvalue weighted by molar-refractivity contribution is 6.23. The molecule has 0 radical (unpaired) electrons. The van der Waals surface area contributed by atoms with E-state index in [0.717, 1.165) is 43.2 Å². The number of anilines is 1. The molecular weight excluding hydrogens is 376 g/mol. The molecule has 1 heterocycles. The second-order valence-corrected chi connectivity index (χ2v) is 8.41. The fraction of sp³-hybridized carbons (Fsp3) is 0.400. The number of hydrogen-bond donors (Lipinski definition) is 0. The van der Waals surface area contributed by atoms with Gasteiger partial charge in [0.25, 0.3) is 5.91 Å². The van der Waals surface area contributed by atoms with E-state index in [1.807, 2.05) is 49.4 Å². The second-order valence-electron chi connectivity index (χ2n) is 8.41. The zero-order chi connectivity index (χ0) is 21.1. The Morgan fingerprint density at radius 3 is 2.30 bits per heavy atom. The van der Waals surface area contributed by atoms with Crippen LogP contribution in [0, 0.1) is 12.8 Å². The smallest absolute Gasteiger partial charge is 0.257 e. The normalized spacial score (nSPS) is 19.9. The summed E-state index contributed by atoms with van der Waals surface area (Å²) >= 11 is 0. The van der Waals surface area contributed by atoms with Crippen LogP contribution in [0.4, 0.5) is 5.69 Å². The highest BCUT2D eigenvalue weighted by Crippen LogP contribution is 2.31. The monoisotopic (exact) mass is 404 g/mol. The van der Waals surface area contributed by atoms with Crippen molar-refractivity contribution in [2.45, 2.75) is 58.0 Å². The van der Waals surface area contributed by atoms with E-state index < -0.39 is 6.04 Å². The van der Waals surface area contributed by atoms with Gasteiger partial charge < -0.3 is 4.90 Å². The van der Waals surface area contributed by atoms with Gasteiger partial charge in [-0.05, 0) is 37.5 Å². The molecule has 2 aliphatic rings. The molecule has 2 aromatic carbocycles. The summed E-state index contributed by atoms with van der Waals surface area (Å²) < 4.78 is 0. The standard InChI is InChI=1S/C25H28N2O3/c1-18-12-14-21(15-13-18)27-23(28)16-22(25(27)30)26(17-19-8-4-2-5-9-19)24(29)20-10-6-3-7-11-20/h2,4-5,8-9,12-15,20,22H,3,6-7,10-11,16-17H2,1H3. The van der Waals surface area contributed by atoms with Crippen LogP contribution in [0.15, 0.2) is 54.6 Å². The fourth-order valence-corrected chi connectivity index (χ4v) is 4.53. The number of hydrogen-bond acceptors (Lipinski definition) is 3. The van der Waals surface area contributed by atoms with Crippen molar-refractivity contribution in [2.75, 3.05) is 4.90 Å². The molecule has 5 heteroatoms. The molecule has 2 aromatic rings. The molecule has 1 saturated carbocycles. The lowest BCUT2D eigenvalue weighted by atomic mass is 9.87. The molecule has 1 unspecified atom stereocenters. The van der Waals surface area contributed by atoms with E-state index in [1.54, 1.807) is 17.0 Å². The molecule has 0 spiro atoms. The van der Waals surface area contributed by atoms with Gasteiger partial charge in [-0.1, -0.05) is 67.3 Å². The topological polar surface area (TPSA) is 57.7 Å². The van der Waals surface area contributed by atoms with Gasteiger partial charge in [-0.2, -0.15) is 0 Å². The zero-order valence-electron chi connectivity index (χ0n) is 17.4. The summed E-state index contributed by atoms with van der Waals surface area (Å²) in [6, 6.07) is 16.3. The maximum atomic E-state index is 13.5. The Morgan fingerprint density at radius 2 is 1.63 bits per heavy atom. The van der Waals surface area contributed by atoms with E-state index in [-0.39, 0.29) is 30.1 Å². The number of amides is 3. The Kier molecular flexibility index (Phi) is 5.98. The molecule has 0 aromatic heterocycles. The van der Waals surface area contributed by atoms with Gasteiger partial charge in [0, 0.05) is 12.5 Å². The SMILES string of the molecule is Cc1ccc(N2C(=O)CC(N(Cc3ccccc3)C(=O)C3CCCCC3)C2=O)cc1. The predicted octanol–water partition coefficient (Wildman–Crippen LogP) is 4.24. The molecule has 30 heavy (non-hydrogen) atoms. The first-order valence-electron chi connectivity index (χ1n) is 10.8. The third-order valence-electron chi connectivity index (χ3n) is 6.22. The molecule has 1 aliphatic carbocycles. The van der Waals surface area contributed by atoms with E-state index >= 15 is 0 Å². The van der Waals surface area contributed by atoms with Gasteiger partial charge >= 0.3 is 0 Å². The molecule has 3 amide bonds. The van der Waals surface area contributed by atoms with Crippen molar-refractivity contribution in [1.29, 1.82) is 0 Å². The van der Waals surface area contributed by atoms with Crippen LogP contribution in [0.2, 0.25) is 0 Å². The van der Waals surface area contributed by atoms with Crippen LogP contribution >= 0.6 is 0 Å². The number of imide groups is 1. The fourth-order valence-electron chi connectivity index (χ4n) is 4.53. The molecule has 1 aliphatic heterocycles. The van der Waals surface area contributed by atoms with Gasteiger partial charge in [-0.25, -0.2) is 4.90 Å². The van der Waals surface area contributed by atoms with Crippen molar-refractivity contribution in [3.05, 3.63) is 65.7 Å². The lowest BCUT2D eigenvalue weighted by Gasteiger charge is -2.32. The quantitative estimate of drug-likeness (QED) is 0.701. The van der Waals surface area contributed by atoms with Gasteiger partial charge in [0.15, 0.2) is 0 Å². The summed E-state index contributed by atoms with van der Waals surface area (Å²) in [7, 11) is 0. The number of carbonyl (C=O) groups excluding carboxylic acids is 3. The third kappa shape index (κ3) is 4.16. The molecule has 2 fully saturated rings. The van der Waals surface area contributed by atoms with Crippen molar-refractivity contribution < 1.29 is 14.4 Å². The van der Waals surface area contributed by atoms with Crippen LogP contribution in [-0.2, 0) is 20.9 Å². The maximum absolute atomic E-state index is 13.5. The van der Waals surface area contributed by atoms with Gasteiger partial charge in [0.1, 0.15) is 6.04 Å². The number of aryl methyl sites for hydroxylation is 1. The first-order chi connectivity index (χ1) is 14.5. The van der Waals surface area contributed by atoms with E-state index in [1.165, 1.54) is 4.90 Å². The molecule has 156 valence electrons. The Bertz CT molecular complexity index is 917. The molecule has 0 N–H and O–H groups in total. The lowest BCUT2D eigenvalue weighted by Crippen LogP contribution is -2.47. The Balaban J connectivity index is 1.62. The molecule has 1 atom stereocenters. The molecule has 0 bridgehead atoms. The van der Waals surface area contributed by atoms with Crippen LogP contribution in [0.25, 0.3) is 0 Å². The minimum atomic E-state index is -0.742. The molecule has 1 saturated heterocycles. The summed E-state index contributed by atoms with van der Waals surface area (Å²) in [5.74, 6) is -0.596. The second kappa shape index (κ2) is 8.82. The van der Waals surface area contributed by atoms with Crippen LogP contribution in [0.5, 0.6) is 0 Å². The Morgan fingerprint density at radius 1 is 0.967 bits per heavy atom. The summed E-state index contributed by atoms with van der Waals surface area (Å²) in [6.07, 6.45) is 5.01. The van der Waals surface area contributed by atoms with E-state index in [2.05, 4.69) is 0 Å². The van der Waals surface area contributed by atoms with E-state index in [4.69, 9.17) is 0 Å². The summed E-state index contributed by atoms with van der Waals surface area (Å²) in [4.78, 5) is 42.5. The molecule has 4 rings (SSSR count).